The minimum atomic E-state index is -0.667. The lowest BCUT2D eigenvalue weighted by Crippen LogP contribution is -2.55. The summed E-state index contributed by atoms with van der Waals surface area (Å²) in [5.41, 5.74) is 1.14. The van der Waals surface area contributed by atoms with E-state index in [2.05, 4.69) is 29.1 Å². The first-order valence-corrected chi connectivity index (χ1v) is 12.2. The number of carbonyl (C=O) groups excluding carboxylic acids is 2. The second-order valence-corrected chi connectivity index (χ2v) is 9.71. The van der Waals surface area contributed by atoms with Crippen molar-refractivity contribution in [3.05, 3.63) is 40.5 Å². The SMILES string of the molecule is Cc1nc(NCC(=O)N2CCN(C(=O)[C@H]3COc4ccccc4O3)CC2)c2c(C)c(C)sc2n1. The van der Waals surface area contributed by atoms with Crippen LogP contribution in [-0.2, 0) is 9.59 Å². The van der Waals surface area contributed by atoms with Gasteiger partial charge in [-0.1, -0.05) is 12.1 Å². The van der Waals surface area contributed by atoms with E-state index in [-0.39, 0.29) is 25.0 Å². The Bertz CT molecular complexity index is 1250. The van der Waals surface area contributed by atoms with Crippen LogP contribution in [0.3, 0.4) is 0 Å². The second-order valence-electron chi connectivity index (χ2n) is 8.51. The van der Waals surface area contributed by atoms with Crippen LogP contribution in [0.5, 0.6) is 11.5 Å². The molecule has 2 aliphatic heterocycles. The molecule has 0 unspecified atom stereocenters. The first-order chi connectivity index (χ1) is 16.4. The highest BCUT2D eigenvalue weighted by Crippen LogP contribution is 2.33. The van der Waals surface area contributed by atoms with Gasteiger partial charge >= 0.3 is 0 Å². The molecule has 0 bridgehead atoms. The Morgan fingerprint density at radius 3 is 2.53 bits per heavy atom. The molecule has 0 radical (unpaired) electrons. The van der Waals surface area contributed by atoms with Crippen molar-refractivity contribution >= 4 is 39.2 Å². The summed E-state index contributed by atoms with van der Waals surface area (Å²) in [6.07, 6.45) is -0.667. The number of hydrogen-bond donors (Lipinski definition) is 1. The number of rotatable bonds is 4. The predicted molar refractivity (Wildman–Crippen MR) is 130 cm³/mol. The van der Waals surface area contributed by atoms with Crippen LogP contribution in [0, 0.1) is 20.8 Å². The summed E-state index contributed by atoms with van der Waals surface area (Å²) in [5.74, 6) is 2.47. The molecule has 1 saturated heterocycles. The van der Waals surface area contributed by atoms with Crippen LogP contribution in [0.15, 0.2) is 24.3 Å². The van der Waals surface area contributed by atoms with Crippen molar-refractivity contribution in [3.63, 3.8) is 0 Å². The topological polar surface area (TPSA) is 96.9 Å². The Balaban J connectivity index is 1.16. The summed E-state index contributed by atoms with van der Waals surface area (Å²) >= 11 is 1.64. The number of hydrogen-bond acceptors (Lipinski definition) is 8. The van der Waals surface area contributed by atoms with Crippen molar-refractivity contribution in [2.75, 3.05) is 44.6 Å². The number of carbonyl (C=O) groups is 2. The van der Waals surface area contributed by atoms with Gasteiger partial charge in [-0.25, -0.2) is 9.97 Å². The van der Waals surface area contributed by atoms with E-state index >= 15 is 0 Å². The van der Waals surface area contributed by atoms with E-state index in [1.165, 1.54) is 4.88 Å². The zero-order chi connectivity index (χ0) is 23.8. The molecule has 5 rings (SSSR count). The molecule has 2 aliphatic rings. The van der Waals surface area contributed by atoms with Crippen LogP contribution in [0.1, 0.15) is 16.3 Å². The Hall–Kier alpha value is -3.40. The van der Waals surface area contributed by atoms with Gasteiger partial charge in [0, 0.05) is 31.1 Å². The molecular formula is C24H27N5O4S. The molecular weight excluding hydrogens is 454 g/mol. The number of benzene rings is 1. The second kappa shape index (κ2) is 9.09. The summed E-state index contributed by atoms with van der Waals surface area (Å²) < 4.78 is 11.5. The summed E-state index contributed by atoms with van der Waals surface area (Å²) in [4.78, 5) is 40.5. The molecule has 1 N–H and O–H groups in total. The fourth-order valence-corrected chi connectivity index (χ4v) is 5.35. The maximum absolute atomic E-state index is 12.9. The van der Waals surface area contributed by atoms with Gasteiger partial charge in [0.25, 0.3) is 5.91 Å². The lowest BCUT2D eigenvalue weighted by Gasteiger charge is -2.37. The van der Waals surface area contributed by atoms with Crippen LogP contribution >= 0.6 is 11.3 Å². The van der Waals surface area contributed by atoms with Crippen LogP contribution < -0.4 is 14.8 Å². The van der Waals surface area contributed by atoms with E-state index in [1.54, 1.807) is 27.2 Å². The quantitative estimate of drug-likeness (QED) is 0.612. The summed E-state index contributed by atoms with van der Waals surface area (Å²) in [5, 5.41) is 4.20. The third kappa shape index (κ3) is 4.25. The van der Waals surface area contributed by atoms with Crippen LogP contribution in [0.2, 0.25) is 0 Å². The number of piperazine rings is 1. The predicted octanol–water partition coefficient (Wildman–Crippen LogP) is 2.54. The van der Waals surface area contributed by atoms with Crippen LogP contribution in [-0.4, -0.2) is 77.0 Å². The third-order valence-corrected chi connectivity index (χ3v) is 7.38. The van der Waals surface area contributed by atoms with Crippen molar-refractivity contribution in [3.8, 4) is 11.5 Å². The van der Waals surface area contributed by atoms with E-state index in [1.807, 2.05) is 25.1 Å². The van der Waals surface area contributed by atoms with Crippen molar-refractivity contribution in [1.82, 2.24) is 19.8 Å². The highest BCUT2D eigenvalue weighted by Gasteiger charge is 2.33. The smallest absolute Gasteiger partial charge is 0.267 e. The lowest BCUT2D eigenvalue weighted by atomic mass is 10.2. The van der Waals surface area contributed by atoms with E-state index in [0.29, 0.717) is 49.3 Å². The van der Waals surface area contributed by atoms with Gasteiger partial charge in [-0.2, -0.15) is 0 Å². The molecule has 1 atom stereocenters. The minimum Gasteiger partial charge on any atom is -0.485 e. The summed E-state index contributed by atoms with van der Waals surface area (Å²) in [7, 11) is 0. The maximum Gasteiger partial charge on any atom is 0.267 e. The van der Waals surface area contributed by atoms with E-state index in [0.717, 1.165) is 15.8 Å². The molecule has 0 spiro atoms. The summed E-state index contributed by atoms with van der Waals surface area (Å²) in [6.45, 7) is 8.18. The monoisotopic (exact) mass is 481 g/mol. The number of nitrogens with one attached hydrogen (secondary N) is 1. The van der Waals surface area contributed by atoms with Gasteiger partial charge < -0.3 is 24.6 Å². The zero-order valence-electron chi connectivity index (χ0n) is 19.5. The number of ether oxygens (including phenoxy) is 2. The number of thiophene rings is 1. The molecule has 178 valence electrons. The molecule has 3 aromatic rings. The fourth-order valence-electron chi connectivity index (χ4n) is 4.28. The fraction of sp³-hybridized carbons (Fsp3) is 0.417. The van der Waals surface area contributed by atoms with Crippen LogP contribution in [0.4, 0.5) is 5.82 Å². The average Bonchev–Trinajstić information content (AvgIpc) is 3.14. The Morgan fingerprint density at radius 2 is 1.76 bits per heavy atom. The van der Waals surface area contributed by atoms with E-state index in [4.69, 9.17) is 9.47 Å². The molecule has 4 heterocycles. The number of nitrogens with zero attached hydrogens (tertiary/aromatic N) is 4. The molecule has 9 nitrogen and oxygen atoms in total. The number of amides is 2. The lowest BCUT2D eigenvalue weighted by molar-refractivity contribution is -0.145. The molecule has 10 heteroatoms. The van der Waals surface area contributed by atoms with Gasteiger partial charge in [0.05, 0.1) is 11.9 Å². The van der Waals surface area contributed by atoms with Crippen molar-refractivity contribution in [2.24, 2.45) is 0 Å². The standard InChI is InChI=1S/C24H27N5O4S/c1-14-15(2)34-23-21(14)22(26-16(3)27-23)25-12-20(30)28-8-10-29(11-9-28)24(31)19-13-32-17-6-4-5-7-18(17)33-19/h4-7,19H,8-13H2,1-3H3,(H,25,26,27)/t19-/m1/s1. The molecule has 1 aromatic carbocycles. The van der Waals surface area contributed by atoms with Crippen molar-refractivity contribution in [1.29, 1.82) is 0 Å². The van der Waals surface area contributed by atoms with Gasteiger partial charge in [-0.3, -0.25) is 9.59 Å². The number of aryl methyl sites for hydroxylation is 3. The highest BCUT2D eigenvalue weighted by molar-refractivity contribution is 7.18. The molecule has 0 saturated carbocycles. The van der Waals surface area contributed by atoms with Gasteiger partial charge in [0.1, 0.15) is 23.1 Å². The minimum absolute atomic E-state index is 0.0210. The third-order valence-electron chi connectivity index (χ3n) is 6.28. The number of anilines is 1. The van der Waals surface area contributed by atoms with Gasteiger partial charge in [-0.05, 0) is 38.5 Å². The van der Waals surface area contributed by atoms with Gasteiger partial charge in [-0.15, -0.1) is 11.3 Å². The Morgan fingerprint density at radius 1 is 1.06 bits per heavy atom. The van der Waals surface area contributed by atoms with Crippen LogP contribution in [0.25, 0.3) is 10.2 Å². The number of para-hydroxylation sites is 2. The molecule has 1 fully saturated rings. The first-order valence-electron chi connectivity index (χ1n) is 11.3. The summed E-state index contributed by atoms with van der Waals surface area (Å²) in [6, 6.07) is 7.34. The molecule has 2 amide bonds. The number of aromatic nitrogens is 2. The van der Waals surface area contributed by atoms with Gasteiger partial charge in [0.15, 0.2) is 11.5 Å². The molecule has 2 aromatic heterocycles. The maximum atomic E-state index is 12.9. The first kappa shape index (κ1) is 22.4. The normalized spacial score (nSPS) is 17.7. The van der Waals surface area contributed by atoms with Crippen molar-refractivity contribution < 1.29 is 19.1 Å². The highest BCUT2D eigenvalue weighted by atomic mass is 32.1. The molecule has 34 heavy (non-hydrogen) atoms. The average molecular weight is 482 g/mol. The van der Waals surface area contributed by atoms with Crippen molar-refractivity contribution in [2.45, 2.75) is 26.9 Å². The van der Waals surface area contributed by atoms with Gasteiger partial charge in [0.2, 0.25) is 12.0 Å². The molecule has 0 aliphatic carbocycles. The largest absolute Gasteiger partial charge is 0.485 e. The number of fused-ring (bicyclic) bond motifs is 2. The van der Waals surface area contributed by atoms with E-state index in [9.17, 15) is 9.59 Å². The van der Waals surface area contributed by atoms with E-state index < -0.39 is 6.10 Å². The Kier molecular flexibility index (Phi) is 5.99. The zero-order valence-corrected chi connectivity index (χ0v) is 20.3. The Labute approximate surface area is 201 Å².